The second-order valence-corrected chi connectivity index (χ2v) is 6.68. The van der Waals surface area contributed by atoms with Crippen molar-refractivity contribution in [3.05, 3.63) is 16.1 Å². The van der Waals surface area contributed by atoms with Crippen LogP contribution in [0.15, 0.2) is 5.38 Å². The van der Waals surface area contributed by atoms with Gasteiger partial charge in [0.05, 0.1) is 5.54 Å². The smallest absolute Gasteiger partial charge is 0.113 e. The molecule has 1 aliphatic heterocycles. The van der Waals surface area contributed by atoms with Crippen LogP contribution in [0.25, 0.3) is 0 Å². The maximum Gasteiger partial charge on any atom is 0.113 e. The molecule has 18 heavy (non-hydrogen) atoms. The molecule has 0 spiro atoms. The fourth-order valence-electron chi connectivity index (χ4n) is 2.78. The normalized spacial score (nSPS) is 20.5. The Balaban J connectivity index is 2.04. The number of hydrogen-bond donors (Lipinski definition) is 1. The fraction of sp³-hybridized carbons (Fsp3) is 0.786. The lowest BCUT2D eigenvalue weighted by atomic mass is 9.88. The summed E-state index contributed by atoms with van der Waals surface area (Å²) in [4.78, 5) is 7.28. The molecule has 1 saturated heterocycles. The van der Waals surface area contributed by atoms with Gasteiger partial charge < -0.3 is 10.2 Å². The van der Waals surface area contributed by atoms with Crippen molar-refractivity contribution in [2.45, 2.75) is 39.2 Å². The average Bonchev–Trinajstić information content (AvgIpc) is 2.77. The predicted molar refractivity (Wildman–Crippen MR) is 78.1 cm³/mol. The van der Waals surface area contributed by atoms with Crippen LogP contribution in [0.4, 0.5) is 0 Å². The van der Waals surface area contributed by atoms with E-state index in [0.717, 1.165) is 11.6 Å². The Morgan fingerprint density at radius 1 is 1.44 bits per heavy atom. The summed E-state index contributed by atoms with van der Waals surface area (Å²) in [5.41, 5.74) is 1.26. The van der Waals surface area contributed by atoms with E-state index in [1.54, 1.807) is 11.3 Å². The molecule has 0 aliphatic carbocycles. The Morgan fingerprint density at radius 2 is 2.11 bits per heavy atom. The molecule has 1 aliphatic rings. The van der Waals surface area contributed by atoms with Gasteiger partial charge in [0, 0.05) is 30.7 Å². The van der Waals surface area contributed by atoms with Gasteiger partial charge in [0.25, 0.3) is 0 Å². The van der Waals surface area contributed by atoms with Gasteiger partial charge in [-0.25, -0.2) is 4.98 Å². The van der Waals surface area contributed by atoms with E-state index in [2.05, 4.69) is 43.4 Å². The van der Waals surface area contributed by atoms with Crippen LogP contribution in [0.3, 0.4) is 0 Å². The lowest BCUT2D eigenvalue weighted by Gasteiger charge is -2.41. The van der Waals surface area contributed by atoms with Gasteiger partial charge in [0.15, 0.2) is 0 Å². The van der Waals surface area contributed by atoms with Crippen molar-refractivity contribution in [2.24, 2.45) is 5.92 Å². The van der Waals surface area contributed by atoms with Crippen molar-refractivity contribution in [1.29, 1.82) is 0 Å². The molecule has 2 heterocycles. The van der Waals surface area contributed by atoms with Crippen molar-refractivity contribution >= 4 is 11.3 Å². The Kier molecular flexibility index (Phi) is 4.41. The molecule has 0 atom stereocenters. The largest absolute Gasteiger partial charge is 0.308 e. The van der Waals surface area contributed by atoms with Crippen LogP contribution in [0.1, 0.15) is 37.4 Å². The first-order valence-corrected chi connectivity index (χ1v) is 7.77. The number of hydrogen-bond acceptors (Lipinski definition) is 4. The highest BCUT2D eigenvalue weighted by Crippen LogP contribution is 2.34. The number of nitrogens with zero attached hydrogens (tertiary/aromatic N) is 2. The van der Waals surface area contributed by atoms with E-state index >= 15 is 0 Å². The standard InChI is InChI=1S/C14H25N3S/c1-11(2)9-17-7-5-14(15-4,6-8-17)13-16-12(3)10-18-13/h10-11,15H,5-9H2,1-4H3. The minimum absolute atomic E-state index is 0.117. The van der Waals surface area contributed by atoms with Crippen LogP contribution in [0.2, 0.25) is 0 Å². The lowest BCUT2D eigenvalue weighted by molar-refractivity contribution is 0.129. The molecular weight excluding hydrogens is 242 g/mol. The Morgan fingerprint density at radius 3 is 2.56 bits per heavy atom. The van der Waals surface area contributed by atoms with Crippen LogP contribution < -0.4 is 5.32 Å². The number of piperidine rings is 1. The molecule has 1 fully saturated rings. The molecule has 1 aromatic rings. The van der Waals surface area contributed by atoms with Crippen molar-refractivity contribution in [3.8, 4) is 0 Å². The summed E-state index contributed by atoms with van der Waals surface area (Å²) in [5, 5.41) is 6.97. The zero-order chi connectivity index (χ0) is 13.2. The second kappa shape index (κ2) is 5.68. The Hall–Kier alpha value is -0.450. The topological polar surface area (TPSA) is 28.2 Å². The Labute approximate surface area is 115 Å². The average molecular weight is 267 g/mol. The minimum Gasteiger partial charge on any atom is -0.308 e. The quantitative estimate of drug-likeness (QED) is 0.909. The molecule has 0 amide bonds. The van der Waals surface area contributed by atoms with Crippen LogP contribution in [0.5, 0.6) is 0 Å². The third-order valence-electron chi connectivity index (χ3n) is 3.84. The molecule has 0 radical (unpaired) electrons. The van der Waals surface area contributed by atoms with E-state index in [-0.39, 0.29) is 5.54 Å². The van der Waals surface area contributed by atoms with Crippen LogP contribution >= 0.6 is 11.3 Å². The van der Waals surface area contributed by atoms with Gasteiger partial charge in [-0.15, -0.1) is 11.3 Å². The van der Waals surface area contributed by atoms with E-state index in [0.29, 0.717) is 0 Å². The molecule has 1 N–H and O–H groups in total. The van der Waals surface area contributed by atoms with E-state index in [1.165, 1.54) is 37.5 Å². The molecule has 1 aromatic heterocycles. The predicted octanol–water partition coefficient (Wildman–Crippen LogP) is 2.62. The number of nitrogens with one attached hydrogen (secondary N) is 1. The van der Waals surface area contributed by atoms with E-state index in [9.17, 15) is 0 Å². The summed E-state index contributed by atoms with van der Waals surface area (Å²) in [6.45, 7) is 10.2. The zero-order valence-electron chi connectivity index (χ0n) is 12.0. The summed E-state index contributed by atoms with van der Waals surface area (Å²) in [6.07, 6.45) is 2.34. The van der Waals surface area contributed by atoms with E-state index in [4.69, 9.17) is 4.98 Å². The molecular formula is C14H25N3S. The summed E-state index contributed by atoms with van der Waals surface area (Å²) in [6, 6.07) is 0. The fourth-order valence-corrected chi connectivity index (χ4v) is 3.84. The van der Waals surface area contributed by atoms with Crippen molar-refractivity contribution in [3.63, 3.8) is 0 Å². The zero-order valence-corrected chi connectivity index (χ0v) is 12.8. The Bertz CT molecular complexity index is 378. The molecule has 0 aromatic carbocycles. The number of rotatable bonds is 4. The number of aromatic nitrogens is 1. The van der Waals surface area contributed by atoms with Crippen LogP contribution in [-0.4, -0.2) is 36.6 Å². The van der Waals surface area contributed by atoms with Gasteiger partial charge in [0.1, 0.15) is 5.01 Å². The van der Waals surface area contributed by atoms with E-state index < -0.39 is 0 Å². The third kappa shape index (κ3) is 2.92. The van der Waals surface area contributed by atoms with Gasteiger partial charge in [-0.05, 0) is 32.7 Å². The van der Waals surface area contributed by atoms with Crippen molar-refractivity contribution in [1.82, 2.24) is 15.2 Å². The maximum absolute atomic E-state index is 4.70. The van der Waals surface area contributed by atoms with Crippen LogP contribution in [0, 0.1) is 12.8 Å². The van der Waals surface area contributed by atoms with Crippen molar-refractivity contribution < 1.29 is 0 Å². The highest BCUT2D eigenvalue weighted by Gasteiger charge is 2.37. The molecule has 0 saturated carbocycles. The summed E-state index contributed by atoms with van der Waals surface area (Å²) in [7, 11) is 2.08. The van der Waals surface area contributed by atoms with Crippen LogP contribution in [-0.2, 0) is 5.54 Å². The second-order valence-electron chi connectivity index (χ2n) is 5.82. The van der Waals surface area contributed by atoms with Crippen molar-refractivity contribution in [2.75, 3.05) is 26.7 Å². The number of thiazole rings is 1. The summed E-state index contributed by atoms with van der Waals surface area (Å²) in [5.74, 6) is 0.759. The number of aryl methyl sites for hydroxylation is 1. The summed E-state index contributed by atoms with van der Waals surface area (Å²) < 4.78 is 0. The van der Waals surface area contributed by atoms with Gasteiger partial charge in [-0.3, -0.25) is 0 Å². The number of likely N-dealkylation sites (tertiary alicyclic amines) is 1. The molecule has 2 rings (SSSR count). The third-order valence-corrected chi connectivity index (χ3v) is 5.00. The first-order valence-electron chi connectivity index (χ1n) is 6.89. The lowest BCUT2D eigenvalue weighted by Crippen LogP contribution is -2.50. The molecule has 4 heteroatoms. The highest BCUT2D eigenvalue weighted by atomic mass is 32.1. The molecule has 0 unspecified atom stereocenters. The monoisotopic (exact) mass is 267 g/mol. The molecule has 3 nitrogen and oxygen atoms in total. The first kappa shape index (κ1) is 14.0. The molecule has 102 valence electrons. The summed E-state index contributed by atoms with van der Waals surface area (Å²) >= 11 is 1.80. The van der Waals surface area contributed by atoms with E-state index in [1.807, 2.05) is 0 Å². The van der Waals surface area contributed by atoms with Gasteiger partial charge in [-0.1, -0.05) is 13.8 Å². The maximum atomic E-state index is 4.70. The highest BCUT2D eigenvalue weighted by molar-refractivity contribution is 7.09. The van der Waals surface area contributed by atoms with Gasteiger partial charge >= 0.3 is 0 Å². The van der Waals surface area contributed by atoms with Gasteiger partial charge in [-0.2, -0.15) is 0 Å². The minimum atomic E-state index is 0.117. The SMILES string of the molecule is CNC1(c2nc(C)cs2)CCN(CC(C)C)CC1. The van der Waals surface area contributed by atoms with Gasteiger partial charge in [0.2, 0.25) is 0 Å². The first-order chi connectivity index (χ1) is 8.55. The molecule has 0 bridgehead atoms.